The van der Waals surface area contributed by atoms with Gasteiger partial charge in [-0.3, -0.25) is 4.90 Å². The molecule has 24 heavy (non-hydrogen) atoms. The molecule has 1 fully saturated rings. The van der Waals surface area contributed by atoms with Crippen molar-refractivity contribution in [1.82, 2.24) is 14.9 Å². The minimum absolute atomic E-state index is 0.464. The number of hydrogen-bond acceptors (Lipinski definition) is 4. The first-order valence-electron chi connectivity index (χ1n) is 8.79. The highest BCUT2D eigenvalue weighted by Crippen LogP contribution is 2.39. The Morgan fingerprint density at radius 3 is 2.62 bits per heavy atom. The largest absolute Gasteiger partial charge is 0.464 e. The molecule has 0 spiro atoms. The maximum Gasteiger partial charge on any atom is 0.316 e. The van der Waals surface area contributed by atoms with E-state index in [1.807, 2.05) is 19.3 Å². The fourth-order valence-electron chi connectivity index (χ4n) is 3.86. The van der Waals surface area contributed by atoms with Crippen LogP contribution in [0.5, 0.6) is 6.01 Å². The number of benzene rings is 1. The lowest BCUT2D eigenvalue weighted by Crippen LogP contribution is -2.37. The van der Waals surface area contributed by atoms with Crippen molar-refractivity contribution in [3.05, 3.63) is 59.9 Å². The fourth-order valence-corrected chi connectivity index (χ4v) is 3.86. The van der Waals surface area contributed by atoms with Crippen LogP contribution >= 0.6 is 0 Å². The Morgan fingerprint density at radius 1 is 1.12 bits per heavy atom. The molecular weight excluding hydrogens is 298 g/mol. The van der Waals surface area contributed by atoms with Gasteiger partial charge >= 0.3 is 6.01 Å². The predicted octanol–water partition coefficient (Wildman–Crippen LogP) is 3.70. The first kappa shape index (κ1) is 15.3. The SMILES string of the molecule is CCOc1ncc(C2=CC3CCC(C2)N3Cc2ccccc2)cn1. The quantitative estimate of drug-likeness (QED) is 0.842. The second-order valence-electron chi connectivity index (χ2n) is 6.54. The highest BCUT2D eigenvalue weighted by atomic mass is 16.5. The molecule has 0 saturated carbocycles. The summed E-state index contributed by atoms with van der Waals surface area (Å²) in [6, 6.07) is 12.4. The topological polar surface area (TPSA) is 38.2 Å². The van der Waals surface area contributed by atoms with Gasteiger partial charge in [0.15, 0.2) is 0 Å². The highest BCUT2D eigenvalue weighted by Gasteiger charge is 2.36. The second kappa shape index (κ2) is 6.73. The van der Waals surface area contributed by atoms with E-state index in [0.29, 0.717) is 24.7 Å². The van der Waals surface area contributed by atoms with E-state index in [4.69, 9.17) is 4.74 Å². The van der Waals surface area contributed by atoms with Crippen molar-refractivity contribution in [3.63, 3.8) is 0 Å². The van der Waals surface area contributed by atoms with E-state index < -0.39 is 0 Å². The standard InChI is InChI=1S/C20H23N3O/c1-2-24-20-21-12-17(13-22-20)16-10-18-8-9-19(11-16)23(18)14-15-6-4-3-5-7-15/h3-7,10,12-13,18-19H,2,8-9,11,14H2,1H3. The predicted molar refractivity (Wildman–Crippen MR) is 94.6 cm³/mol. The van der Waals surface area contributed by atoms with Gasteiger partial charge in [-0.25, -0.2) is 9.97 Å². The Hall–Kier alpha value is -2.20. The third-order valence-electron chi connectivity index (χ3n) is 5.02. The van der Waals surface area contributed by atoms with Gasteiger partial charge in [-0.15, -0.1) is 0 Å². The Kier molecular flexibility index (Phi) is 4.30. The Morgan fingerprint density at radius 2 is 1.92 bits per heavy atom. The smallest absolute Gasteiger partial charge is 0.316 e. The van der Waals surface area contributed by atoms with Crippen molar-refractivity contribution < 1.29 is 4.74 Å². The molecule has 3 heterocycles. The number of nitrogens with zero attached hydrogens (tertiary/aromatic N) is 3. The van der Waals surface area contributed by atoms with Gasteiger partial charge in [0.05, 0.1) is 6.61 Å². The average Bonchev–Trinajstić information content (AvgIpc) is 2.85. The number of fused-ring (bicyclic) bond motifs is 2. The molecular formula is C20H23N3O. The summed E-state index contributed by atoms with van der Waals surface area (Å²) < 4.78 is 5.34. The lowest BCUT2D eigenvalue weighted by Gasteiger charge is -2.34. The Bertz CT molecular complexity index is 711. The zero-order valence-corrected chi connectivity index (χ0v) is 14.1. The van der Waals surface area contributed by atoms with Crippen LogP contribution in [-0.2, 0) is 6.54 Å². The van der Waals surface area contributed by atoms with Crippen molar-refractivity contribution in [3.8, 4) is 6.01 Å². The summed E-state index contributed by atoms with van der Waals surface area (Å²) in [6.07, 6.45) is 9.83. The first-order chi connectivity index (χ1) is 11.8. The summed E-state index contributed by atoms with van der Waals surface area (Å²) in [5.74, 6) is 0. The van der Waals surface area contributed by atoms with E-state index in [-0.39, 0.29) is 0 Å². The summed E-state index contributed by atoms with van der Waals surface area (Å²) in [5, 5.41) is 0. The van der Waals surface area contributed by atoms with Crippen LogP contribution in [0, 0.1) is 0 Å². The average molecular weight is 321 g/mol. The summed E-state index contributed by atoms with van der Waals surface area (Å²) in [5.41, 5.74) is 3.92. The second-order valence-corrected chi connectivity index (χ2v) is 6.54. The molecule has 4 nitrogen and oxygen atoms in total. The van der Waals surface area contributed by atoms with E-state index in [9.17, 15) is 0 Å². The van der Waals surface area contributed by atoms with Gasteiger partial charge in [-0.1, -0.05) is 36.4 Å². The molecule has 0 aliphatic carbocycles. The third-order valence-corrected chi connectivity index (χ3v) is 5.02. The number of ether oxygens (including phenoxy) is 1. The molecule has 2 aliphatic heterocycles. The van der Waals surface area contributed by atoms with E-state index in [0.717, 1.165) is 18.5 Å². The molecule has 2 aromatic rings. The van der Waals surface area contributed by atoms with E-state index in [1.54, 1.807) is 0 Å². The van der Waals surface area contributed by atoms with E-state index >= 15 is 0 Å². The normalized spacial score (nSPS) is 23.1. The summed E-state index contributed by atoms with van der Waals surface area (Å²) in [4.78, 5) is 11.3. The number of rotatable bonds is 5. The van der Waals surface area contributed by atoms with E-state index in [2.05, 4.69) is 51.3 Å². The van der Waals surface area contributed by atoms with Gasteiger partial charge in [-0.05, 0) is 37.3 Å². The lowest BCUT2D eigenvalue weighted by atomic mass is 9.96. The van der Waals surface area contributed by atoms with Crippen LogP contribution in [0.15, 0.2) is 48.8 Å². The molecule has 1 saturated heterocycles. The summed E-state index contributed by atoms with van der Waals surface area (Å²) in [6.45, 7) is 3.58. The maximum atomic E-state index is 5.34. The Balaban J connectivity index is 1.51. The fraction of sp³-hybridized carbons (Fsp3) is 0.400. The van der Waals surface area contributed by atoms with Gasteiger partial charge in [-0.2, -0.15) is 0 Å². The van der Waals surface area contributed by atoms with Crippen molar-refractivity contribution in [1.29, 1.82) is 0 Å². The van der Waals surface area contributed by atoms with Crippen molar-refractivity contribution in [2.45, 2.75) is 44.8 Å². The van der Waals surface area contributed by atoms with Crippen LogP contribution in [0.25, 0.3) is 5.57 Å². The molecule has 0 radical (unpaired) electrons. The molecule has 4 heteroatoms. The zero-order chi connectivity index (χ0) is 16.4. The van der Waals surface area contributed by atoms with Crippen LogP contribution in [0.3, 0.4) is 0 Å². The van der Waals surface area contributed by atoms with Gasteiger partial charge in [0, 0.05) is 36.6 Å². The molecule has 2 atom stereocenters. The monoisotopic (exact) mass is 321 g/mol. The minimum atomic E-state index is 0.464. The number of aromatic nitrogens is 2. The minimum Gasteiger partial charge on any atom is -0.464 e. The van der Waals surface area contributed by atoms with Gasteiger partial charge in [0.25, 0.3) is 0 Å². The summed E-state index contributed by atoms with van der Waals surface area (Å²) >= 11 is 0. The molecule has 2 bridgehead atoms. The van der Waals surface area contributed by atoms with Crippen molar-refractivity contribution in [2.24, 2.45) is 0 Å². The van der Waals surface area contributed by atoms with Crippen LogP contribution in [0.2, 0.25) is 0 Å². The maximum absolute atomic E-state index is 5.34. The van der Waals surface area contributed by atoms with Crippen LogP contribution in [0.1, 0.15) is 37.3 Å². The molecule has 2 unspecified atom stereocenters. The van der Waals surface area contributed by atoms with Gasteiger partial charge in [0.1, 0.15) is 0 Å². The molecule has 4 rings (SSSR count). The Labute approximate surface area is 143 Å². The van der Waals surface area contributed by atoms with E-state index in [1.165, 1.54) is 24.0 Å². The summed E-state index contributed by atoms with van der Waals surface area (Å²) in [7, 11) is 0. The van der Waals surface area contributed by atoms with Crippen LogP contribution in [0.4, 0.5) is 0 Å². The number of hydrogen-bond donors (Lipinski definition) is 0. The highest BCUT2D eigenvalue weighted by molar-refractivity contribution is 5.67. The molecule has 1 aromatic carbocycles. The zero-order valence-electron chi connectivity index (χ0n) is 14.1. The van der Waals surface area contributed by atoms with Crippen molar-refractivity contribution >= 4 is 5.57 Å². The molecule has 2 aliphatic rings. The molecule has 0 N–H and O–H groups in total. The molecule has 0 amide bonds. The molecule has 124 valence electrons. The van der Waals surface area contributed by atoms with Crippen molar-refractivity contribution in [2.75, 3.05) is 6.61 Å². The third kappa shape index (κ3) is 3.06. The van der Waals surface area contributed by atoms with Crippen LogP contribution < -0.4 is 4.74 Å². The van der Waals surface area contributed by atoms with Crippen LogP contribution in [-0.4, -0.2) is 33.6 Å². The van der Waals surface area contributed by atoms with Gasteiger partial charge < -0.3 is 4.74 Å². The lowest BCUT2D eigenvalue weighted by molar-refractivity contribution is 0.203. The first-order valence-corrected chi connectivity index (χ1v) is 8.79. The van der Waals surface area contributed by atoms with Gasteiger partial charge in [0.2, 0.25) is 0 Å². The molecule has 1 aromatic heterocycles.